The second-order valence-corrected chi connectivity index (χ2v) is 13.0. The number of nitrogens with zero attached hydrogens (tertiary/aromatic N) is 2. The van der Waals surface area contributed by atoms with Gasteiger partial charge < -0.3 is 9.64 Å². The third-order valence-electron chi connectivity index (χ3n) is 6.19. The van der Waals surface area contributed by atoms with Gasteiger partial charge in [-0.1, -0.05) is 44.2 Å². The van der Waals surface area contributed by atoms with Crippen molar-refractivity contribution in [2.45, 2.75) is 74.8 Å². The van der Waals surface area contributed by atoms with E-state index in [9.17, 15) is 9.11 Å². The SMILES string of the molecule is CC(C)N1CCC(Oc2cc3ncc(S(O)(O)c4ccc(C(C)(C)C)cc4)cc3s2)CC1. The Balaban J connectivity index is 1.51. The van der Waals surface area contributed by atoms with Crippen LogP contribution < -0.4 is 4.74 Å². The molecule has 1 saturated heterocycles. The quantitative estimate of drug-likeness (QED) is 0.416. The van der Waals surface area contributed by atoms with Gasteiger partial charge in [0.25, 0.3) is 0 Å². The summed E-state index contributed by atoms with van der Waals surface area (Å²) < 4.78 is 29.2. The molecular weight excluding hydrogens is 440 g/mol. The van der Waals surface area contributed by atoms with Crippen LogP contribution in [0.5, 0.6) is 5.06 Å². The Kier molecular flexibility index (Phi) is 6.58. The molecule has 5 nitrogen and oxygen atoms in total. The van der Waals surface area contributed by atoms with Gasteiger partial charge in [0.05, 0.1) is 26.2 Å². The zero-order chi connectivity index (χ0) is 23.1. The molecule has 3 heterocycles. The Morgan fingerprint density at radius 3 is 2.31 bits per heavy atom. The Bertz CT molecular complexity index is 1060. The molecule has 0 radical (unpaired) electrons. The maximum atomic E-state index is 11.0. The lowest BCUT2D eigenvalue weighted by molar-refractivity contribution is 0.0868. The molecule has 0 bridgehead atoms. The van der Waals surface area contributed by atoms with Gasteiger partial charge in [-0.05, 0) is 55.9 Å². The number of likely N-dealkylation sites (tertiary alicyclic amines) is 1. The molecule has 4 rings (SSSR count). The molecule has 32 heavy (non-hydrogen) atoms. The van der Waals surface area contributed by atoms with Gasteiger partial charge in [0.2, 0.25) is 0 Å². The predicted octanol–water partition coefficient (Wildman–Crippen LogP) is 7.01. The van der Waals surface area contributed by atoms with E-state index >= 15 is 0 Å². The number of piperidine rings is 1. The van der Waals surface area contributed by atoms with Gasteiger partial charge in [-0.3, -0.25) is 14.1 Å². The number of hydrogen-bond acceptors (Lipinski definition) is 6. The molecular formula is C25H34N2O3S2. The van der Waals surface area contributed by atoms with Crippen molar-refractivity contribution < 1.29 is 13.8 Å². The number of rotatable bonds is 5. The van der Waals surface area contributed by atoms with Gasteiger partial charge in [0.1, 0.15) is 6.10 Å². The van der Waals surface area contributed by atoms with Gasteiger partial charge in [0.15, 0.2) is 5.06 Å². The van der Waals surface area contributed by atoms with Crippen LogP contribution in [-0.4, -0.2) is 44.2 Å². The van der Waals surface area contributed by atoms with Gasteiger partial charge in [-0.25, -0.2) is 0 Å². The summed E-state index contributed by atoms with van der Waals surface area (Å²) in [7, 11) is -3.13. The van der Waals surface area contributed by atoms with Gasteiger partial charge in [-0.2, -0.15) is 0 Å². The van der Waals surface area contributed by atoms with E-state index in [2.05, 4.69) is 44.5 Å². The first-order chi connectivity index (χ1) is 15.0. The molecule has 0 saturated carbocycles. The van der Waals surface area contributed by atoms with Gasteiger partial charge in [0, 0.05) is 25.2 Å². The number of hydrogen-bond donors (Lipinski definition) is 2. The molecule has 1 aromatic carbocycles. The highest BCUT2D eigenvalue weighted by atomic mass is 32.3. The lowest BCUT2D eigenvalue weighted by Gasteiger charge is -2.34. The highest BCUT2D eigenvalue weighted by Gasteiger charge is 2.24. The molecule has 2 N–H and O–H groups in total. The summed E-state index contributed by atoms with van der Waals surface area (Å²) in [5.74, 6) is 0. The summed E-state index contributed by atoms with van der Waals surface area (Å²) in [5, 5.41) is 0.846. The lowest BCUT2D eigenvalue weighted by Crippen LogP contribution is -2.41. The van der Waals surface area contributed by atoms with E-state index in [0.717, 1.165) is 46.8 Å². The van der Waals surface area contributed by atoms with Crippen molar-refractivity contribution in [2.24, 2.45) is 0 Å². The lowest BCUT2D eigenvalue weighted by atomic mass is 9.87. The van der Waals surface area contributed by atoms with E-state index < -0.39 is 10.6 Å². The number of aromatic nitrogens is 1. The Morgan fingerprint density at radius 2 is 1.72 bits per heavy atom. The standard InChI is InChI=1S/C25H34N2O3S2/c1-17(2)27-12-10-19(11-13-27)30-24-15-22-23(31-24)14-21(16-26-22)32(28,29)20-8-6-18(7-9-20)25(3,4)5/h6-9,14-17,19,28-29H,10-13H2,1-5H3. The number of pyridine rings is 1. The van der Waals surface area contributed by atoms with Crippen LogP contribution in [0.4, 0.5) is 0 Å². The summed E-state index contributed by atoms with van der Waals surface area (Å²) in [6, 6.07) is 11.9. The normalized spacial score (nSPS) is 17.2. The third kappa shape index (κ3) is 4.97. The van der Waals surface area contributed by atoms with E-state index in [1.165, 1.54) is 11.3 Å². The molecule has 0 spiro atoms. The van der Waals surface area contributed by atoms with Crippen molar-refractivity contribution in [1.82, 2.24) is 9.88 Å². The summed E-state index contributed by atoms with van der Waals surface area (Å²) in [6.07, 6.45) is 3.85. The average molecular weight is 475 g/mol. The third-order valence-corrected chi connectivity index (χ3v) is 8.96. The molecule has 0 aliphatic carbocycles. The van der Waals surface area contributed by atoms with E-state index in [0.29, 0.717) is 15.8 Å². The maximum absolute atomic E-state index is 11.0. The molecule has 0 atom stereocenters. The molecule has 2 aromatic heterocycles. The van der Waals surface area contributed by atoms with E-state index in [1.54, 1.807) is 6.20 Å². The second-order valence-electron chi connectivity index (χ2n) is 9.89. The molecule has 174 valence electrons. The van der Waals surface area contributed by atoms with Crippen molar-refractivity contribution in [3.63, 3.8) is 0 Å². The number of thiophene rings is 1. The van der Waals surface area contributed by atoms with E-state index in [1.807, 2.05) is 36.4 Å². The topological polar surface area (TPSA) is 65.8 Å². The first kappa shape index (κ1) is 23.5. The first-order valence-electron chi connectivity index (χ1n) is 11.2. The first-order valence-corrected chi connectivity index (χ1v) is 13.6. The zero-order valence-electron chi connectivity index (χ0n) is 19.5. The fourth-order valence-corrected chi connectivity index (χ4v) is 6.36. The predicted molar refractivity (Wildman–Crippen MR) is 135 cm³/mol. The summed E-state index contributed by atoms with van der Waals surface area (Å²) in [6.45, 7) is 13.0. The number of benzene rings is 1. The van der Waals surface area contributed by atoms with Crippen molar-refractivity contribution >= 4 is 32.1 Å². The summed E-state index contributed by atoms with van der Waals surface area (Å²) >= 11 is 1.52. The van der Waals surface area contributed by atoms with Crippen LogP contribution in [0.25, 0.3) is 10.2 Å². The minimum Gasteiger partial charge on any atom is -0.481 e. The Hall–Kier alpha value is -1.64. The van der Waals surface area contributed by atoms with Crippen LogP contribution >= 0.6 is 21.9 Å². The van der Waals surface area contributed by atoms with Crippen molar-refractivity contribution in [2.75, 3.05) is 13.1 Å². The maximum Gasteiger partial charge on any atom is 0.176 e. The zero-order valence-corrected chi connectivity index (χ0v) is 21.2. The van der Waals surface area contributed by atoms with E-state index in [4.69, 9.17) is 4.74 Å². The highest BCUT2D eigenvalue weighted by molar-refractivity contribution is 8.24. The largest absolute Gasteiger partial charge is 0.481 e. The van der Waals surface area contributed by atoms with Crippen molar-refractivity contribution in [3.8, 4) is 5.06 Å². The number of ether oxygens (including phenoxy) is 1. The van der Waals surface area contributed by atoms with Crippen LogP contribution in [0.15, 0.2) is 52.4 Å². The molecule has 1 aliphatic rings. The minimum atomic E-state index is -3.13. The smallest absolute Gasteiger partial charge is 0.176 e. The van der Waals surface area contributed by atoms with Crippen LogP contribution in [0.1, 0.15) is 53.0 Å². The van der Waals surface area contributed by atoms with Gasteiger partial charge in [-0.15, -0.1) is 10.6 Å². The van der Waals surface area contributed by atoms with Crippen LogP contribution in [0, 0.1) is 0 Å². The molecule has 7 heteroatoms. The minimum absolute atomic E-state index is 0.0146. The second kappa shape index (κ2) is 8.95. The fraction of sp³-hybridized carbons (Fsp3) is 0.480. The Morgan fingerprint density at radius 1 is 1.06 bits per heavy atom. The Labute approximate surface area is 196 Å². The number of fused-ring (bicyclic) bond motifs is 1. The van der Waals surface area contributed by atoms with Crippen LogP contribution in [0.2, 0.25) is 0 Å². The summed E-state index contributed by atoms with van der Waals surface area (Å²) in [4.78, 5) is 7.93. The molecule has 0 unspecified atom stereocenters. The molecule has 1 fully saturated rings. The van der Waals surface area contributed by atoms with Crippen molar-refractivity contribution in [1.29, 1.82) is 0 Å². The fourth-order valence-electron chi connectivity index (χ4n) is 4.05. The van der Waals surface area contributed by atoms with Crippen LogP contribution in [0.3, 0.4) is 0 Å². The summed E-state index contributed by atoms with van der Waals surface area (Å²) in [5.41, 5.74) is 2.00. The van der Waals surface area contributed by atoms with Gasteiger partial charge >= 0.3 is 0 Å². The molecule has 0 amide bonds. The van der Waals surface area contributed by atoms with E-state index in [-0.39, 0.29) is 11.5 Å². The molecule has 3 aromatic rings. The van der Waals surface area contributed by atoms with Crippen molar-refractivity contribution in [3.05, 3.63) is 48.2 Å². The molecule has 1 aliphatic heterocycles. The van der Waals surface area contributed by atoms with Crippen LogP contribution in [-0.2, 0) is 5.41 Å². The highest BCUT2D eigenvalue weighted by Crippen LogP contribution is 2.56. The average Bonchev–Trinajstić information content (AvgIpc) is 3.15. The monoisotopic (exact) mass is 474 g/mol.